The van der Waals surface area contributed by atoms with Crippen molar-refractivity contribution in [2.24, 2.45) is 17.3 Å². The molecule has 8 heteroatoms. The average Bonchev–Trinajstić information content (AvgIpc) is 3.29. The summed E-state index contributed by atoms with van der Waals surface area (Å²) in [6, 6.07) is 5.96. The molecule has 2 aromatic rings. The number of hydrogen-bond donors (Lipinski definition) is 2. The molecule has 0 amide bonds. The molecule has 2 N–H and O–H groups in total. The Morgan fingerprint density at radius 2 is 1.90 bits per heavy atom. The molecule has 1 aromatic heterocycles. The molecule has 0 fully saturated rings. The highest BCUT2D eigenvalue weighted by Gasteiger charge is 2.42. The number of hydrogen-bond acceptors (Lipinski definition) is 7. The van der Waals surface area contributed by atoms with Gasteiger partial charge >= 0.3 is 5.97 Å². The molecule has 3 rings (SSSR count). The first-order valence-corrected chi connectivity index (χ1v) is 14.2. The van der Waals surface area contributed by atoms with Crippen LogP contribution in [0.1, 0.15) is 78.4 Å². The number of benzene rings is 1. The lowest BCUT2D eigenvalue weighted by molar-refractivity contribution is -0.155. The van der Waals surface area contributed by atoms with E-state index in [1.165, 1.54) is 5.57 Å². The number of likely N-dealkylation sites (N-methyl/N-ethyl adjacent to an activating group) is 1. The molecule has 1 aliphatic rings. The molecule has 0 bridgehead atoms. The second kappa shape index (κ2) is 13.2. The Hall–Kier alpha value is -2.55. The first-order chi connectivity index (χ1) is 18.3. The first kappa shape index (κ1) is 31.0. The molecule has 5 atom stereocenters. The predicted octanol–water partition coefficient (Wildman–Crippen LogP) is 4.68. The van der Waals surface area contributed by atoms with Gasteiger partial charge in [-0.25, -0.2) is 4.98 Å². The van der Waals surface area contributed by atoms with Crippen LogP contribution in [0.2, 0.25) is 0 Å². The van der Waals surface area contributed by atoms with Gasteiger partial charge in [-0.1, -0.05) is 45.4 Å². The number of fused-ring (bicyclic) bond motifs is 1. The highest BCUT2D eigenvalue weighted by Crippen LogP contribution is 2.33. The SMILES string of the molecule is CC1=CC[C@@H](c2ccc3c(c2)ncn3CCN(C)C)OC(=O)CC(O)C(C)(C)C(=O)C(C)[C@@H](O)C(C)CCC1. The van der Waals surface area contributed by atoms with Gasteiger partial charge in [0, 0.05) is 25.4 Å². The largest absolute Gasteiger partial charge is 0.457 e. The maximum atomic E-state index is 13.3. The van der Waals surface area contributed by atoms with Crippen molar-refractivity contribution in [1.82, 2.24) is 14.5 Å². The maximum absolute atomic E-state index is 13.3. The number of nitrogens with zero attached hydrogens (tertiary/aromatic N) is 3. The molecule has 39 heavy (non-hydrogen) atoms. The van der Waals surface area contributed by atoms with E-state index in [9.17, 15) is 19.8 Å². The Labute approximate surface area is 233 Å². The summed E-state index contributed by atoms with van der Waals surface area (Å²) in [7, 11) is 4.08. The molecule has 1 aliphatic heterocycles. The predicted molar refractivity (Wildman–Crippen MR) is 153 cm³/mol. The van der Waals surface area contributed by atoms with E-state index in [4.69, 9.17) is 4.74 Å². The average molecular weight is 542 g/mol. The minimum absolute atomic E-state index is 0.0560. The van der Waals surface area contributed by atoms with Crippen molar-refractivity contribution in [2.45, 2.75) is 91.6 Å². The van der Waals surface area contributed by atoms with Gasteiger partial charge in [-0.2, -0.15) is 0 Å². The van der Waals surface area contributed by atoms with E-state index in [0.29, 0.717) is 6.42 Å². The number of carbonyl (C=O) groups excluding carboxylic acids is 2. The molecule has 0 spiro atoms. The summed E-state index contributed by atoms with van der Waals surface area (Å²) >= 11 is 0. The summed E-state index contributed by atoms with van der Waals surface area (Å²) in [5.74, 6) is -1.52. The molecule has 1 aromatic carbocycles. The van der Waals surface area contributed by atoms with Crippen LogP contribution >= 0.6 is 0 Å². The van der Waals surface area contributed by atoms with Crippen molar-refractivity contribution < 1.29 is 24.5 Å². The highest BCUT2D eigenvalue weighted by atomic mass is 16.5. The van der Waals surface area contributed by atoms with Crippen LogP contribution in [-0.2, 0) is 20.9 Å². The van der Waals surface area contributed by atoms with Crippen molar-refractivity contribution in [3.63, 3.8) is 0 Å². The fourth-order valence-electron chi connectivity index (χ4n) is 5.32. The summed E-state index contributed by atoms with van der Waals surface area (Å²) in [5.41, 5.74) is 2.68. The van der Waals surface area contributed by atoms with E-state index in [2.05, 4.69) is 27.5 Å². The lowest BCUT2D eigenvalue weighted by atomic mass is 9.73. The van der Waals surface area contributed by atoms with Gasteiger partial charge in [0.25, 0.3) is 0 Å². The van der Waals surface area contributed by atoms with Crippen LogP contribution in [0.15, 0.2) is 36.2 Å². The van der Waals surface area contributed by atoms with Crippen LogP contribution < -0.4 is 0 Å². The molecule has 2 heterocycles. The van der Waals surface area contributed by atoms with Gasteiger partial charge in [0.05, 0.1) is 41.4 Å². The number of ether oxygens (including phenoxy) is 1. The van der Waals surface area contributed by atoms with Gasteiger partial charge in [-0.05, 0) is 63.9 Å². The van der Waals surface area contributed by atoms with Crippen molar-refractivity contribution in [2.75, 3.05) is 20.6 Å². The fourth-order valence-corrected chi connectivity index (χ4v) is 5.32. The fraction of sp³-hybridized carbons (Fsp3) is 0.645. The van der Waals surface area contributed by atoms with Crippen LogP contribution in [0.3, 0.4) is 0 Å². The number of cyclic esters (lactones) is 1. The number of Topliss-reactive ketones (excluding diaryl/α,β-unsaturated/α-hetero) is 1. The summed E-state index contributed by atoms with van der Waals surface area (Å²) < 4.78 is 8.05. The summed E-state index contributed by atoms with van der Waals surface area (Å²) in [5, 5.41) is 21.8. The third-order valence-corrected chi connectivity index (χ3v) is 8.33. The molecule has 8 nitrogen and oxygen atoms in total. The smallest absolute Gasteiger partial charge is 0.309 e. The lowest BCUT2D eigenvalue weighted by Gasteiger charge is -2.34. The molecular weight excluding hydrogens is 494 g/mol. The third-order valence-electron chi connectivity index (χ3n) is 8.33. The van der Waals surface area contributed by atoms with E-state index < -0.39 is 35.6 Å². The normalized spacial score (nSPS) is 27.9. The second-order valence-electron chi connectivity index (χ2n) is 12.2. The molecule has 0 saturated heterocycles. The van der Waals surface area contributed by atoms with Crippen LogP contribution in [0.4, 0.5) is 0 Å². The van der Waals surface area contributed by atoms with Crippen molar-refractivity contribution in [3.05, 3.63) is 41.7 Å². The Balaban J connectivity index is 1.89. The molecule has 3 unspecified atom stereocenters. The number of aliphatic hydroxyl groups excluding tert-OH is 2. The zero-order valence-electron chi connectivity index (χ0n) is 24.7. The number of imidazole rings is 1. The van der Waals surface area contributed by atoms with Gasteiger partial charge in [-0.15, -0.1) is 0 Å². The maximum Gasteiger partial charge on any atom is 0.309 e. The first-order valence-electron chi connectivity index (χ1n) is 14.2. The number of esters is 1. The number of aliphatic hydroxyl groups is 2. The Kier molecular flexibility index (Phi) is 10.5. The van der Waals surface area contributed by atoms with Gasteiger partial charge in [0.15, 0.2) is 0 Å². The number of rotatable bonds is 4. The molecular formula is C31H47N3O5. The van der Waals surface area contributed by atoms with E-state index in [0.717, 1.165) is 48.9 Å². The molecule has 216 valence electrons. The zero-order chi connectivity index (χ0) is 28.9. The topological polar surface area (TPSA) is 105 Å². The van der Waals surface area contributed by atoms with Crippen molar-refractivity contribution in [1.29, 1.82) is 0 Å². The van der Waals surface area contributed by atoms with Gasteiger partial charge in [0.1, 0.15) is 11.9 Å². The van der Waals surface area contributed by atoms with Crippen molar-refractivity contribution in [3.8, 4) is 0 Å². The summed E-state index contributed by atoms with van der Waals surface area (Å²) in [4.78, 5) is 33.1. The second-order valence-corrected chi connectivity index (χ2v) is 12.2. The van der Waals surface area contributed by atoms with Gasteiger partial charge in [0.2, 0.25) is 0 Å². The standard InChI is InChI=1S/C31H47N3O5/c1-20-9-8-10-21(2)29(37)22(3)30(38)31(4,5)27(35)18-28(36)39-26(14-11-20)23-12-13-25-24(17-23)32-19-34(25)16-15-33(6)7/h11-13,17,19,21-22,26-27,29,35,37H,8-10,14-16,18H2,1-7H3/t21?,22?,26-,27?,29-/m0/s1. The number of aromatic nitrogens is 2. The number of allylic oxidation sites excluding steroid dienone is 1. The number of ketones is 1. The van der Waals surface area contributed by atoms with Gasteiger partial charge < -0.3 is 24.4 Å². The van der Waals surface area contributed by atoms with E-state index in [-0.39, 0.29) is 18.1 Å². The van der Waals surface area contributed by atoms with Gasteiger partial charge in [-0.3, -0.25) is 9.59 Å². The lowest BCUT2D eigenvalue weighted by Crippen LogP contribution is -2.45. The minimum atomic E-state index is -1.23. The molecule has 0 aliphatic carbocycles. The monoisotopic (exact) mass is 541 g/mol. The van der Waals surface area contributed by atoms with E-state index >= 15 is 0 Å². The van der Waals surface area contributed by atoms with Crippen LogP contribution in [-0.4, -0.2) is 69.3 Å². The van der Waals surface area contributed by atoms with Crippen LogP contribution in [0.5, 0.6) is 0 Å². The van der Waals surface area contributed by atoms with Crippen molar-refractivity contribution >= 4 is 22.8 Å². The molecule has 0 saturated carbocycles. The number of carbonyl (C=O) groups is 2. The van der Waals surface area contributed by atoms with Crippen LogP contribution in [0.25, 0.3) is 11.0 Å². The minimum Gasteiger partial charge on any atom is -0.457 e. The Morgan fingerprint density at radius 3 is 2.59 bits per heavy atom. The quantitative estimate of drug-likeness (QED) is 0.428. The Morgan fingerprint density at radius 1 is 1.18 bits per heavy atom. The summed E-state index contributed by atoms with van der Waals surface area (Å²) in [6.45, 7) is 10.7. The molecule has 0 radical (unpaired) electrons. The van der Waals surface area contributed by atoms with E-state index in [1.807, 2.05) is 45.5 Å². The zero-order valence-corrected chi connectivity index (χ0v) is 24.7. The third kappa shape index (κ3) is 7.77. The highest BCUT2D eigenvalue weighted by molar-refractivity contribution is 5.88. The Bertz CT molecular complexity index is 1170. The van der Waals surface area contributed by atoms with E-state index in [1.54, 1.807) is 20.8 Å². The summed E-state index contributed by atoms with van der Waals surface area (Å²) in [6.07, 6.45) is 4.09. The van der Waals surface area contributed by atoms with Crippen LogP contribution in [0, 0.1) is 17.3 Å².